The Bertz CT molecular complexity index is 698. The molecular formula is C11H14N8. The third-order valence-corrected chi connectivity index (χ3v) is 2.84. The summed E-state index contributed by atoms with van der Waals surface area (Å²) in [6.45, 7) is 3.39. The lowest BCUT2D eigenvalue weighted by Crippen LogP contribution is -2.10. The van der Waals surface area contributed by atoms with Crippen LogP contribution in [0.25, 0.3) is 5.65 Å². The van der Waals surface area contributed by atoms with Crippen LogP contribution in [-0.4, -0.2) is 29.1 Å². The summed E-state index contributed by atoms with van der Waals surface area (Å²) in [5, 5.41) is 11.1. The van der Waals surface area contributed by atoms with Crippen LogP contribution < -0.4 is 11.1 Å². The van der Waals surface area contributed by atoms with E-state index in [9.17, 15) is 0 Å². The van der Waals surface area contributed by atoms with E-state index < -0.39 is 0 Å². The third-order valence-electron chi connectivity index (χ3n) is 2.84. The molecule has 3 N–H and O–H groups in total. The van der Waals surface area contributed by atoms with E-state index in [-0.39, 0.29) is 0 Å². The molecule has 0 unspecified atom stereocenters. The molecule has 0 atom stereocenters. The van der Waals surface area contributed by atoms with Crippen molar-refractivity contribution in [2.75, 3.05) is 11.1 Å². The number of nitrogens with two attached hydrogens (primary N) is 1. The van der Waals surface area contributed by atoms with Crippen LogP contribution in [0.3, 0.4) is 0 Å². The summed E-state index contributed by atoms with van der Waals surface area (Å²) in [5.41, 5.74) is 6.49. The molecular weight excluding hydrogens is 244 g/mol. The van der Waals surface area contributed by atoms with E-state index in [1.54, 1.807) is 18.7 Å². The molecule has 0 saturated heterocycles. The molecule has 0 saturated carbocycles. The number of hydrogen-bond donors (Lipinski definition) is 2. The van der Waals surface area contributed by atoms with Crippen LogP contribution in [0.1, 0.15) is 12.7 Å². The number of fused-ring (bicyclic) bond motifs is 1. The van der Waals surface area contributed by atoms with Crippen LogP contribution in [0.5, 0.6) is 0 Å². The van der Waals surface area contributed by atoms with Crippen LogP contribution in [0.4, 0.5) is 11.6 Å². The van der Waals surface area contributed by atoms with Crippen molar-refractivity contribution < 1.29 is 0 Å². The predicted octanol–water partition coefficient (Wildman–Crippen LogP) is 0.535. The summed E-state index contributed by atoms with van der Waals surface area (Å²) in [5.74, 6) is 1.91. The number of nitrogen functional groups attached to an aromatic ring is 1. The SMILES string of the molecule is CCn1cnnc1CNc1nc(N)cn2ccnc12. The summed E-state index contributed by atoms with van der Waals surface area (Å²) in [7, 11) is 0. The highest BCUT2D eigenvalue weighted by atomic mass is 15.3. The predicted molar refractivity (Wildman–Crippen MR) is 70.4 cm³/mol. The van der Waals surface area contributed by atoms with Gasteiger partial charge in [-0.2, -0.15) is 0 Å². The van der Waals surface area contributed by atoms with E-state index in [0.717, 1.165) is 18.0 Å². The number of aromatic nitrogens is 6. The van der Waals surface area contributed by atoms with Gasteiger partial charge >= 0.3 is 0 Å². The molecule has 0 radical (unpaired) electrons. The van der Waals surface area contributed by atoms with Crippen molar-refractivity contribution >= 4 is 17.3 Å². The van der Waals surface area contributed by atoms with Gasteiger partial charge in [-0.25, -0.2) is 9.97 Å². The summed E-state index contributed by atoms with van der Waals surface area (Å²) in [6, 6.07) is 0. The van der Waals surface area contributed by atoms with Crippen molar-refractivity contribution in [3.63, 3.8) is 0 Å². The molecule has 98 valence electrons. The molecule has 0 aliphatic heterocycles. The van der Waals surface area contributed by atoms with E-state index >= 15 is 0 Å². The van der Waals surface area contributed by atoms with Crippen molar-refractivity contribution in [3.05, 3.63) is 30.7 Å². The second-order valence-corrected chi connectivity index (χ2v) is 4.06. The molecule has 0 spiro atoms. The highest BCUT2D eigenvalue weighted by Crippen LogP contribution is 2.15. The van der Waals surface area contributed by atoms with Gasteiger partial charge in [-0.05, 0) is 6.92 Å². The topological polar surface area (TPSA) is 99.0 Å². The first-order valence-electron chi connectivity index (χ1n) is 5.97. The van der Waals surface area contributed by atoms with Crippen molar-refractivity contribution in [2.45, 2.75) is 20.0 Å². The van der Waals surface area contributed by atoms with Gasteiger partial charge in [0, 0.05) is 18.9 Å². The molecule has 3 rings (SSSR count). The molecule has 0 aliphatic carbocycles. The first-order chi connectivity index (χ1) is 9.28. The average molecular weight is 258 g/mol. The van der Waals surface area contributed by atoms with Crippen LogP contribution in [0.15, 0.2) is 24.9 Å². The third kappa shape index (κ3) is 2.07. The van der Waals surface area contributed by atoms with Gasteiger partial charge in [-0.1, -0.05) is 0 Å². The standard InChI is InChI=1S/C11H14N8/c1-2-18-7-15-17-9(18)5-14-10-11-13-3-4-19(11)6-8(12)16-10/h3-4,6-7H,2,5,12H2,1H3,(H,14,16). The molecule has 8 nitrogen and oxygen atoms in total. The van der Waals surface area contributed by atoms with Gasteiger partial charge in [-0.3, -0.25) is 0 Å². The Morgan fingerprint density at radius 2 is 2.32 bits per heavy atom. The molecule has 3 heterocycles. The second kappa shape index (κ2) is 4.56. The van der Waals surface area contributed by atoms with E-state index in [0.29, 0.717) is 18.2 Å². The minimum absolute atomic E-state index is 0.435. The van der Waals surface area contributed by atoms with Gasteiger partial charge in [0.25, 0.3) is 0 Å². The Morgan fingerprint density at radius 1 is 1.42 bits per heavy atom. The molecule has 0 amide bonds. The molecule has 0 bridgehead atoms. The lowest BCUT2D eigenvalue weighted by atomic mass is 10.5. The zero-order valence-corrected chi connectivity index (χ0v) is 10.5. The van der Waals surface area contributed by atoms with Crippen molar-refractivity contribution in [1.82, 2.24) is 29.1 Å². The Balaban J connectivity index is 1.87. The van der Waals surface area contributed by atoms with Crippen molar-refractivity contribution in [3.8, 4) is 0 Å². The maximum absolute atomic E-state index is 5.76. The molecule has 0 aromatic carbocycles. The minimum Gasteiger partial charge on any atom is -0.382 e. The van der Waals surface area contributed by atoms with E-state index in [1.165, 1.54) is 0 Å². The van der Waals surface area contributed by atoms with E-state index in [2.05, 4.69) is 25.5 Å². The number of nitrogens with one attached hydrogen (secondary N) is 1. The van der Waals surface area contributed by atoms with Gasteiger partial charge in [0.1, 0.15) is 12.1 Å². The highest BCUT2D eigenvalue weighted by molar-refractivity contribution is 5.64. The quantitative estimate of drug-likeness (QED) is 0.708. The van der Waals surface area contributed by atoms with Gasteiger partial charge < -0.3 is 20.0 Å². The first kappa shape index (κ1) is 11.5. The Morgan fingerprint density at radius 3 is 3.16 bits per heavy atom. The molecule has 8 heteroatoms. The zero-order valence-electron chi connectivity index (χ0n) is 10.5. The van der Waals surface area contributed by atoms with Gasteiger partial charge in [-0.15, -0.1) is 10.2 Å². The van der Waals surface area contributed by atoms with E-state index in [4.69, 9.17) is 5.73 Å². The minimum atomic E-state index is 0.435. The molecule has 3 aromatic rings. The number of imidazole rings is 1. The fourth-order valence-corrected chi connectivity index (χ4v) is 1.91. The number of rotatable bonds is 4. The molecule has 3 aromatic heterocycles. The first-order valence-corrected chi connectivity index (χ1v) is 5.97. The second-order valence-electron chi connectivity index (χ2n) is 4.06. The molecule has 0 aliphatic rings. The normalized spacial score (nSPS) is 11.0. The molecule has 0 fully saturated rings. The zero-order chi connectivity index (χ0) is 13.2. The van der Waals surface area contributed by atoms with Crippen molar-refractivity contribution in [1.29, 1.82) is 0 Å². The summed E-state index contributed by atoms with van der Waals surface area (Å²) in [6.07, 6.45) is 6.96. The van der Waals surface area contributed by atoms with Crippen LogP contribution in [-0.2, 0) is 13.1 Å². The largest absolute Gasteiger partial charge is 0.382 e. The lowest BCUT2D eigenvalue weighted by molar-refractivity contribution is 0.707. The van der Waals surface area contributed by atoms with Gasteiger partial charge in [0.2, 0.25) is 0 Å². The summed E-state index contributed by atoms with van der Waals surface area (Å²) in [4.78, 5) is 8.50. The fraction of sp³-hybridized carbons (Fsp3) is 0.273. The van der Waals surface area contributed by atoms with Crippen LogP contribution in [0, 0.1) is 0 Å². The Hall–Kier alpha value is -2.64. The number of anilines is 2. The van der Waals surface area contributed by atoms with Gasteiger partial charge in [0.15, 0.2) is 17.3 Å². The Kier molecular flexibility index (Phi) is 2.75. The fourth-order valence-electron chi connectivity index (χ4n) is 1.91. The van der Waals surface area contributed by atoms with Crippen molar-refractivity contribution in [2.24, 2.45) is 0 Å². The van der Waals surface area contributed by atoms with Crippen LogP contribution in [0.2, 0.25) is 0 Å². The van der Waals surface area contributed by atoms with Crippen LogP contribution >= 0.6 is 0 Å². The summed E-state index contributed by atoms with van der Waals surface area (Å²) >= 11 is 0. The highest BCUT2D eigenvalue weighted by Gasteiger charge is 2.08. The smallest absolute Gasteiger partial charge is 0.180 e. The maximum Gasteiger partial charge on any atom is 0.180 e. The number of nitrogens with zero attached hydrogens (tertiary/aromatic N) is 6. The number of aryl methyl sites for hydroxylation is 1. The maximum atomic E-state index is 5.76. The van der Waals surface area contributed by atoms with E-state index in [1.807, 2.05) is 22.1 Å². The average Bonchev–Trinajstić information content (AvgIpc) is 3.03. The lowest BCUT2D eigenvalue weighted by Gasteiger charge is -2.08. The molecule has 19 heavy (non-hydrogen) atoms. The number of hydrogen-bond acceptors (Lipinski definition) is 6. The monoisotopic (exact) mass is 258 g/mol. The Labute approximate surface area is 109 Å². The van der Waals surface area contributed by atoms with Gasteiger partial charge in [0.05, 0.1) is 12.7 Å². The summed E-state index contributed by atoms with van der Waals surface area (Å²) < 4.78 is 3.79.